The Hall–Kier alpha value is -2.89. The van der Waals surface area contributed by atoms with Gasteiger partial charge in [-0.3, -0.25) is 0 Å². The molecule has 0 spiro atoms. The van der Waals surface area contributed by atoms with E-state index in [4.69, 9.17) is 0 Å². The summed E-state index contributed by atoms with van der Waals surface area (Å²) in [5, 5.41) is 3.61. The number of nitrogens with zero attached hydrogens (tertiary/aromatic N) is 1. The van der Waals surface area contributed by atoms with Gasteiger partial charge in [0.2, 0.25) is 0 Å². The van der Waals surface area contributed by atoms with Gasteiger partial charge in [-0.15, -0.1) is 0 Å². The van der Waals surface area contributed by atoms with E-state index >= 15 is 0 Å². The van der Waals surface area contributed by atoms with Crippen LogP contribution in [-0.2, 0) is 13.0 Å². The van der Waals surface area contributed by atoms with E-state index in [1.807, 2.05) is 24.3 Å². The van der Waals surface area contributed by atoms with Gasteiger partial charge in [-0.05, 0) is 18.2 Å². The van der Waals surface area contributed by atoms with Crippen LogP contribution >= 0.6 is 0 Å². The fraction of sp³-hybridized carbons (Fsp3) is 0.167. The summed E-state index contributed by atoms with van der Waals surface area (Å²) >= 11 is 0. The molecule has 1 aliphatic rings. The molecule has 0 saturated heterocycles. The van der Waals surface area contributed by atoms with Crippen molar-refractivity contribution in [2.45, 2.75) is 13.0 Å². The Morgan fingerprint density at radius 3 is 2.83 bits per heavy atom. The lowest BCUT2D eigenvalue weighted by atomic mass is 10.0. The number of fused-ring (bicyclic) bond motifs is 3. The molecule has 6 heteroatoms. The van der Waals surface area contributed by atoms with Crippen LogP contribution < -0.4 is 5.32 Å². The minimum Gasteiger partial charge on any atom is -0.358 e. The van der Waals surface area contributed by atoms with Crippen LogP contribution in [0.2, 0.25) is 0 Å². The van der Waals surface area contributed by atoms with Crippen molar-refractivity contribution in [1.29, 1.82) is 0 Å². The maximum absolute atomic E-state index is 13.7. The number of H-pyrrole nitrogens is 1. The molecule has 1 aliphatic heterocycles. The van der Waals surface area contributed by atoms with Crippen LogP contribution in [0.15, 0.2) is 42.5 Å². The lowest BCUT2D eigenvalue weighted by molar-refractivity contribution is 0.206. The number of para-hydroxylation sites is 1. The highest BCUT2D eigenvalue weighted by Crippen LogP contribution is 2.28. The van der Waals surface area contributed by atoms with Crippen molar-refractivity contribution in [1.82, 2.24) is 9.88 Å². The predicted molar refractivity (Wildman–Crippen MR) is 87.8 cm³/mol. The summed E-state index contributed by atoms with van der Waals surface area (Å²) in [6.07, 6.45) is 0.712. The Labute approximate surface area is 137 Å². The van der Waals surface area contributed by atoms with E-state index in [2.05, 4.69) is 10.3 Å². The molecule has 2 aromatic carbocycles. The van der Waals surface area contributed by atoms with Gasteiger partial charge in [0.15, 0.2) is 0 Å². The topological polar surface area (TPSA) is 48.1 Å². The van der Waals surface area contributed by atoms with Crippen LogP contribution in [0.4, 0.5) is 19.3 Å². The second-order valence-electron chi connectivity index (χ2n) is 5.85. The zero-order chi connectivity index (χ0) is 16.7. The summed E-state index contributed by atoms with van der Waals surface area (Å²) < 4.78 is 26.6. The number of aromatic nitrogens is 1. The molecule has 0 unspecified atom stereocenters. The minimum atomic E-state index is -0.784. The van der Waals surface area contributed by atoms with Crippen molar-refractivity contribution in [2.24, 2.45) is 0 Å². The molecule has 4 rings (SSSR count). The second-order valence-corrected chi connectivity index (χ2v) is 5.85. The van der Waals surface area contributed by atoms with Crippen molar-refractivity contribution in [3.63, 3.8) is 0 Å². The molecule has 2 amide bonds. The van der Waals surface area contributed by atoms with Gasteiger partial charge in [-0.2, -0.15) is 0 Å². The first-order valence-electron chi connectivity index (χ1n) is 7.71. The van der Waals surface area contributed by atoms with Crippen LogP contribution in [0.1, 0.15) is 11.3 Å². The molecule has 2 N–H and O–H groups in total. The van der Waals surface area contributed by atoms with E-state index in [-0.39, 0.29) is 5.69 Å². The molecule has 24 heavy (non-hydrogen) atoms. The highest BCUT2D eigenvalue weighted by molar-refractivity contribution is 5.91. The molecule has 4 nitrogen and oxygen atoms in total. The first-order chi connectivity index (χ1) is 11.6. The molecular weight excluding hydrogens is 312 g/mol. The smallest absolute Gasteiger partial charge is 0.322 e. The number of carbonyl (C=O) groups is 1. The van der Waals surface area contributed by atoms with Gasteiger partial charge in [0.1, 0.15) is 11.6 Å². The Morgan fingerprint density at radius 2 is 2.00 bits per heavy atom. The standard InChI is InChI=1S/C18H15F2N3O/c19-11-5-6-17(14(20)9-11)22-18(24)23-8-7-16-13(10-23)12-3-1-2-4-15(12)21-16/h1-6,9,21H,7-8,10H2,(H,22,24). The summed E-state index contributed by atoms with van der Waals surface area (Å²) in [5.74, 6) is -1.46. The maximum Gasteiger partial charge on any atom is 0.322 e. The molecule has 1 aromatic heterocycles. The number of hydrogen-bond donors (Lipinski definition) is 2. The van der Waals surface area contributed by atoms with Crippen LogP contribution in [0.25, 0.3) is 10.9 Å². The fourth-order valence-corrected chi connectivity index (χ4v) is 3.12. The lowest BCUT2D eigenvalue weighted by Gasteiger charge is -2.27. The van der Waals surface area contributed by atoms with Crippen LogP contribution in [0.3, 0.4) is 0 Å². The van der Waals surface area contributed by atoms with E-state index < -0.39 is 17.7 Å². The summed E-state index contributed by atoms with van der Waals surface area (Å²) in [4.78, 5) is 17.4. The molecular formula is C18H15F2N3O. The third kappa shape index (κ3) is 2.50. The molecule has 0 aliphatic carbocycles. The predicted octanol–water partition coefficient (Wildman–Crippen LogP) is 4.04. The van der Waals surface area contributed by atoms with Gasteiger partial charge in [-0.1, -0.05) is 18.2 Å². The molecule has 0 radical (unpaired) electrons. The summed E-state index contributed by atoms with van der Waals surface area (Å²) in [7, 11) is 0. The highest BCUT2D eigenvalue weighted by Gasteiger charge is 2.24. The van der Waals surface area contributed by atoms with Gasteiger partial charge in [0.25, 0.3) is 0 Å². The number of urea groups is 1. The fourth-order valence-electron chi connectivity index (χ4n) is 3.12. The van der Waals surface area contributed by atoms with Crippen molar-refractivity contribution >= 4 is 22.6 Å². The molecule has 0 atom stereocenters. The van der Waals surface area contributed by atoms with E-state index in [1.54, 1.807) is 4.90 Å². The number of aromatic amines is 1. The quantitative estimate of drug-likeness (QED) is 0.696. The maximum atomic E-state index is 13.7. The van der Waals surface area contributed by atoms with E-state index in [0.29, 0.717) is 19.5 Å². The number of amides is 2. The molecule has 122 valence electrons. The zero-order valence-electron chi connectivity index (χ0n) is 12.8. The largest absolute Gasteiger partial charge is 0.358 e. The van der Waals surface area contributed by atoms with Crippen LogP contribution in [-0.4, -0.2) is 22.5 Å². The SMILES string of the molecule is O=C(Nc1ccc(F)cc1F)N1CCc2[nH]c3ccccc3c2C1. The van der Waals surface area contributed by atoms with Crippen LogP contribution in [0.5, 0.6) is 0 Å². The first-order valence-corrected chi connectivity index (χ1v) is 7.71. The lowest BCUT2D eigenvalue weighted by Crippen LogP contribution is -2.38. The van der Waals surface area contributed by atoms with Crippen molar-refractivity contribution in [3.8, 4) is 0 Å². The van der Waals surface area contributed by atoms with Gasteiger partial charge < -0.3 is 15.2 Å². The number of rotatable bonds is 1. The average molecular weight is 327 g/mol. The van der Waals surface area contributed by atoms with Gasteiger partial charge in [0.05, 0.1) is 5.69 Å². The third-order valence-electron chi connectivity index (χ3n) is 4.34. The molecule has 3 aromatic rings. The summed E-state index contributed by atoms with van der Waals surface area (Å²) in [5.41, 5.74) is 3.25. The van der Waals surface area contributed by atoms with Crippen molar-refractivity contribution in [3.05, 3.63) is 65.4 Å². The Kier molecular flexibility index (Phi) is 3.45. The monoisotopic (exact) mass is 327 g/mol. The average Bonchev–Trinajstić information content (AvgIpc) is 2.95. The van der Waals surface area contributed by atoms with E-state index in [1.165, 1.54) is 6.07 Å². The Bertz CT molecular complexity index is 935. The second kappa shape index (κ2) is 5.63. The number of carbonyl (C=O) groups excluding carboxylic acids is 1. The summed E-state index contributed by atoms with van der Waals surface area (Å²) in [6.45, 7) is 0.989. The summed E-state index contributed by atoms with van der Waals surface area (Å²) in [6, 6.07) is 10.7. The van der Waals surface area contributed by atoms with Crippen molar-refractivity contribution < 1.29 is 13.6 Å². The molecule has 2 heterocycles. The zero-order valence-corrected chi connectivity index (χ0v) is 12.8. The van der Waals surface area contributed by atoms with E-state index in [9.17, 15) is 13.6 Å². The van der Waals surface area contributed by atoms with Gasteiger partial charge >= 0.3 is 6.03 Å². The molecule has 0 saturated carbocycles. The van der Waals surface area contributed by atoms with Crippen molar-refractivity contribution in [2.75, 3.05) is 11.9 Å². The van der Waals surface area contributed by atoms with Gasteiger partial charge in [-0.25, -0.2) is 13.6 Å². The number of hydrogen-bond acceptors (Lipinski definition) is 1. The van der Waals surface area contributed by atoms with Gasteiger partial charge in [0, 0.05) is 47.7 Å². The number of halogens is 2. The Morgan fingerprint density at radius 1 is 1.17 bits per heavy atom. The number of benzene rings is 2. The molecule has 0 bridgehead atoms. The third-order valence-corrected chi connectivity index (χ3v) is 4.34. The highest BCUT2D eigenvalue weighted by atomic mass is 19.1. The molecule has 0 fully saturated rings. The minimum absolute atomic E-state index is 0.0221. The van der Waals surface area contributed by atoms with Crippen LogP contribution in [0, 0.1) is 11.6 Å². The first kappa shape index (κ1) is 14.7. The Balaban J connectivity index is 1.56. The number of nitrogens with one attached hydrogen (secondary N) is 2. The van der Waals surface area contributed by atoms with E-state index in [0.717, 1.165) is 34.3 Å². The normalized spacial score (nSPS) is 13.8. The number of anilines is 1.